The predicted molar refractivity (Wildman–Crippen MR) is 69.9 cm³/mol. The molecule has 0 aliphatic heterocycles. The lowest BCUT2D eigenvalue weighted by atomic mass is 10.1. The van der Waals surface area contributed by atoms with Crippen LogP contribution in [0.25, 0.3) is 0 Å². The molecule has 0 radical (unpaired) electrons. The molecule has 1 aromatic rings. The zero-order valence-corrected chi connectivity index (χ0v) is 10.7. The standard InChI is InChI=1S/C13H19NOS/c1-14(7-8-16-2)12-9-10-5-3-4-6-11(10)13(12)15/h3-6,12-13,15H,7-9H2,1-2H3. The second kappa shape index (κ2) is 5.21. The number of fused-ring (bicyclic) bond motifs is 1. The molecule has 2 atom stereocenters. The van der Waals surface area contributed by atoms with Gasteiger partial charge in [0.05, 0.1) is 6.10 Å². The van der Waals surface area contributed by atoms with Crippen molar-refractivity contribution in [3.05, 3.63) is 35.4 Å². The number of aliphatic hydroxyl groups excluding tert-OH is 1. The van der Waals surface area contributed by atoms with Gasteiger partial charge >= 0.3 is 0 Å². The first kappa shape index (κ1) is 12.0. The highest BCUT2D eigenvalue weighted by atomic mass is 32.2. The number of nitrogens with zero attached hydrogens (tertiary/aromatic N) is 1. The summed E-state index contributed by atoms with van der Waals surface area (Å²) < 4.78 is 0. The number of benzene rings is 1. The van der Waals surface area contributed by atoms with E-state index in [1.807, 2.05) is 23.9 Å². The van der Waals surface area contributed by atoms with Crippen molar-refractivity contribution < 1.29 is 5.11 Å². The average molecular weight is 237 g/mol. The van der Waals surface area contributed by atoms with Gasteiger partial charge in [-0.2, -0.15) is 11.8 Å². The van der Waals surface area contributed by atoms with Crippen LogP contribution in [0.4, 0.5) is 0 Å². The second-order valence-electron chi connectivity index (χ2n) is 4.39. The largest absolute Gasteiger partial charge is 0.387 e. The Balaban J connectivity index is 2.06. The number of aliphatic hydroxyl groups is 1. The predicted octanol–water partition coefficient (Wildman–Crippen LogP) is 1.94. The molecule has 0 saturated heterocycles. The van der Waals surface area contributed by atoms with E-state index in [1.54, 1.807) is 0 Å². The van der Waals surface area contributed by atoms with Crippen LogP contribution in [0.1, 0.15) is 17.2 Å². The van der Waals surface area contributed by atoms with E-state index in [4.69, 9.17) is 0 Å². The van der Waals surface area contributed by atoms with Gasteiger partial charge in [0, 0.05) is 18.3 Å². The van der Waals surface area contributed by atoms with E-state index in [0.29, 0.717) is 0 Å². The van der Waals surface area contributed by atoms with E-state index in [-0.39, 0.29) is 12.1 Å². The summed E-state index contributed by atoms with van der Waals surface area (Å²) in [5.41, 5.74) is 2.42. The quantitative estimate of drug-likeness (QED) is 0.865. The second-order valence-corrected chi connectivity index (χ2v) is 5.37. The molecular formula is C13H19NOS. The van der Waals surface area contributed by atoms with Crippen molar-refractivity contribution in [1.82, 2.24) is 4.90 Å². The molecule has 0 amide bonds. The molecular weight excluding hydrogens is 218 g/mol. The molecule has 3 heteroatoms. The van der Waals surface area contributed by atoms with Gasteiger partial charge in [0.1, 0.15) is 0 Å². The van der Waals surface area contributed by atoms with Crippen LogP contribution in [0.2, 0.25) is 0 Å². The van der Waals surface area contributed by atoms with E-state index in [2.05, 4.69) is 30.3 Å². The van der Waals surface area contributed by atoms with Gasteiger partial charge in [-0.25, -0.2) is 0 Å². The fraction of sp³-hybridized carbons (Fsp3) is 0.538. The third kappa shape index (κ3) is 2.26. The van der Waals surface area contributed by atoms with Crippen LogP contribution < -0.4 is 0 Å². The van der Waals surface area contributed by atoms with Gasteiger partial charge in [-0.05, 0) is 30.9 Å². The maximum absolute atomic E-state index is 10.3. The Labute approximate surface area is 102 Å². The topological polar surface area (TPSA) is 23.5 Å². The summed E-state index contributed by atoms with van der Waals surface area (Å²) in [6.07, 6.45) is 2.78. The van der Waals surface area contributed by atoms with Gasteiger partial charge in [-0.1, -0.05) is 24.3 Å². The first-order chi connectivity index (χ1) is 7.74. The van der Waals surface area contributed by atoms with E-state index >= 15 is 0 Å². The maximum Gasteiger partial charge on any atom is 0.0950 e. The minimum absolute atomic E-state index is 0.254. The van der Waals surface area contributed by atoms with Crippen molar-refractivity contribution in [2.75, 3.05) is 25.6 Å². The first-order valence-corrected chi connectivity index (χ1v) is 7.08. The highest BCUT2D eigenvalue weighted by molar-refractivity contribution is 7.98. The molecule has 0 bridgehead atoms. The monoisotopic (exact) mass is 237 g/mol. The van der Waals surface area contributed by atoms with E-state index in [0.717, 1.165) is 24.3 Å². The Morgan fingerprint density at radius 3 is 2.88 bits per heavy atom. The minimum Gasteiger partial charge on any atom is -0.387 e. The fourth-order valence-electron chi connectivity index (χ4n) is 2.35. The van der Waals surface area contributed by atoms with Crippen LogP contribution in [0.15, 0.2) is 24.3 Å². The molecule has 0 fully saturated rings. The van der Waals surface area contributed by atoms with Crippen molar-refractivity contribution in [2.24, 2.45) is 0 Å². The molecule has 2 unspecified atom stereocenters. The number of hydrogen-bond acceptors (Lipinski definition) is 3. The normalized spacial score (nSPS) is 23.8. The van der Waals surface area contributed by atoms with Crippen molar-refractivity contribution in [1.29, 1.82) is 0 Å². The van der Waals surface area contributed by atoms with Gasteiger partial charge in [-0.3, -0.25) is 4.90 Å². The van der Waals surface area contributed by atoms with Crippen molar-refractivity contribution in [2.45, 2.75) is 18.6 Å². The molecule has 2 rings (SSSR count). The average Bonchev–Trinajstić information content (AvgIpc) is 2.64. The third-order valence-electron chi connectivity index (χ3n) is 3.38. The maximum atomic E-state index is 10.3. The molecule has 0 heterocycles. The van der Waals surface area contributed by atoms with Crippen LogP contribution in [0, 0.1) is 0 Å². The SMILES string of the molecule is CSCCN(C)C1Cc2ccccc2C1O. The Morgan fingerprint density at radius 2 is 2.19 bits per heavy atom. The van der Waals surface area contributed by atoms with Crippen LogP contribution in [0.3, 0.4) is 0 Å². The lowest BCUT2D eigenvalue weighted by molar-refractivity contribution is 0.0796. The van der Waals surface area contributed by atoms with Gasteiger partial charge in [0.25, 0.3) is 0 Å². The number of likely N-dealkylation sites (N-methyl/N-ethyl adjacent to an activating group) is 1. The lowest BCUT2D eigenvalue weighted by Gasteiger charge is -2.26. The van der Waals surface area contributed by atoms with E-state index in [9.17, 15) is 5.11 Å². The molecule has 1 aromatic carbocycles. The van der Waals surface area contributed by atoms with E-state index in [1.165, 1.54) is 5.56 Å². The number of hydrogen-bond donors (Lipinski definition) is 1. The molecule has 0 aromatic heterocycles. The smallest absolute Gasteiger partial charge is 0.0950 e. The van der Waals surface area contributed by atoms with Gasteiger partial charge in [-0.15, -0.1) is 0 Å². The molecule has 1 aliphatic carbocycles. The Morgan fingerprint density at radius 1 is 1.44 bits per heavy atom. The zero-order valence-electron chi connectivity index (χ0n) is 9.89. The highest BCUT2D eigenvalue weighted by Gasteiger charge is 2.32. The van der Waals surface area contributed by atoms with Crippen LogP contribution >= 0.6 is 11.8 Å². The van der Waals surface area contributed by atoms with Gasteiger partial charge in [0.15, 0.2) is 0 Å². The number of thioether (sulfide) groups is 1. The molecule has 1 N–H and O–H groups in total. The van der Waals surface area contributed by atoms with E-state index < -0.39 is 0 Å². The Bertz CT molecular complexity index is 356. The molecule has 2 nitrogen and oxygen atoms in total. The third-order valence-corrected chi connectivity index (χ3v) is 3.97. The summed E-state index contributed by atoms with van der Waals surface area (Å²) >= 11 is 1.85. The Hall–Kier alpha value is -0.510. The summed E-state index contributed by atoms with van der Waals surface area (Å²) in [6.45, 7) is 1.04. The van der Waals surface area contributed by atoms with Gasteiger partial charge < -0.3 is 5.11 Å². The highest BCUT2D eigenvalue weighted by Crippen LogP contribution is 2.33. The summed E-state index contributed by atoms with van der Waals surface area (Å²) in [4.78, 5) is 2.28. The number of rotatable bonds is 4. The summed E-state index contributed by atoms with van der Waals surface area (Å²) in [5, 5.41) is 10.3. The fourth-order valence-corrected chi connectivity index (χ4v) is 2.82. The van der Waals surface area contributed by atoms with Crippen LogP contribution in [-0.4, -0.2) is 41.6 Å². The summed E-state index contributed by atoms with van der Waals surface area (Å²) in [5.74, 6) is 1.12. The van der Waals surface area contributed by atoms with Gasteiger partial charge in [0.2, 0.25) is 0 Å². The molecule has 0 spiro atoms. The molecule has 0 saturated carbocycles. The Kier molecular flexibility index (Phi) is 3.90. The molecule has 88 valence electrons. The summed E-state index contributed by atoms with van der Waals surface area (Å²) in [7, 11) is 2.11. The molecule has 16 heavy (non-hydrogen) atoms. The summed E-state index contributed by atoms with van der Waals surface area (Å²) in [6, 6.07) is 8.48. The van der Waals surface area contributed by atoms with Crippen LogP contribution in [0.5, 0.6) is 0 Å². The van der Waals surface area contributed by atoms with Crippen molar-refractivity contribution in [3.8, 4) is 0 Å². The van der Waals surface area contributed by atoms with Crippen molar-refractivity contribution in [3.63, 3.8) is 0 Å². The lowest BCUT2D eigenvalue weighted by Crippen LogP contribution is -2.36. The zero-order chi connectivity index (χ0) is 11.5. The first-order valence-electron chi connectivity index (χ1n) is 5.69. The molecule has 1 aliphatic rings. The van der Waals surface area contributed by atoms with Crippen molar-refractivity contribution >= 4 is 11.8 Å². The van der Waals surface area contributed by atoms with Crippen LogP contribution in [-0.2, 0) is 6.42 Å². The minimum atomic E-state index is -0.317.